The van der Waals surface area contributed by atoms with E-state index in [1.165, 1.54) is 24.3 Å². The summed E-state index contributed by atoms with van der Waals surface area (Å²) in [5, 5.41) is 20.5. The van der Waals surface area contributed by atoms with E-state index in [1.54, 1.807) is 31.2 Å². The normalized spacial score (nSPS) is 13.0. The summed E-state index contributed by atoms with van der Waals surface area (Å²) in [5.41, 5.74) is 3.51. The molecule has 0 aromatic heterocycles. The van der Waals surface area contributed by atoms with Gasteiger partial charge >= 0.3 is 5.97 Å². The minimum Gasteiger partial charge on any atom is -0.466 e. The molecule has 0 heterocycles. The molecule has 2 aromatic carbocycles. The fraction of sp³-hybridized carbons (Fsp3) is 0.423. The molecular formula is C26H32F2O4. The van der Waals surface area contributed by atoms with Crippen LogP contribution in [0.5, 0.6) is 0 Å². The minimum absolute atomic E-state index is 0.0621. The van der Waals surface area contributed by atoms with Gasteiger partial charge in [0.2, 0.25) is 0 Å². The molecule has 0 spiro atoms. The van der Waals surface area contributed by atoms with Crippen molar-refractivity contribution in [3.8, 4) is 0 Å². The SMILES string of the molecule is CCOC(=O)CC(O)CC(O)CCC(=C(c1ccc(F)cc1)c1ccc(F)cc1)C(C)C. The van der Waals surface area contributed by atoms with Gasteiger partial charge < -0.3 is 14.9 Å². The highest BCUT2D eigenvalue weighted by atomic mass is 19.1. The van der Waals surface area contributed by atoms with Crippen molar-refractivity contribution in [1.82, 2.24) is 0 Å². The lowest BCUT2D eigenvalue weighted by Gasteiger charge is -2.22. The molecule has 0 aliphatic heterocycles. The molecule has 174 valence electrons. The zero-order chi connectivity index (χ0) is 23.7. The summed E-state index contributed by atoms with van der Waals surface area (Å²) in [6.07, 6.45) is -0.991. The second-order valence-corrected chi connectivity index (χ2v) is 8.16. The minimum atomic E-state index is -0.982. The molecule has 0 saturated heterocycles. The fourth-order valence-electron chi connectivity index (χ4n) is 3.72. The highest BCUT2D eigenvalue weighted by molar-refractivity contribution is 5.82. The van der Waals surface area contributed by atoms with Gasteiger partial charge in [-0.1, -0.05) is 43.7 Å². The lowest BCUT2D eigenvalue weighted by molar-refractivity contribution is -0.145. The van der Waals surface area contributed by atoms with E-state index in [2.05, 4.69) is 0 Å². The predicted octanol–water partition coefficient (Wildman–Crippen LogP) is 5.27. The van der Waals surface area contributed by atoms with E-state index in [-0.39, 0.29) is 37.0 Å². The number of benzene rings is 2. The molecule has 0 bridgehead atoms. The van der Waals surface area contributed by atoms with Crippen LogP contribution in [0.2, 0.25) is 0 Å². The Morgan fingerprint density at radius 1 is 0.906 bits per heavy atom. The molecule has 0 fully saturated rings. The van der Waals surface area contributed by atoms with Crippen molar-refractivity contribution in [3.63, 3.8) is 0 Å². The average Bonchev–Trinajstić information content (AvgIpc) is 2.72. The Bertz CT molecular complexity index is 842. The first-order chi connectivity index (χ1) is 15.2. The van der Waals surface area contributed by atoms with Gasteiger partial charge in [0, 0.05) is 0 Å². The molecule has 0 aliphatic rings. The lowest BCUT2D eigenvalue weighted by Crippen LogP contribution is -2.22. The van der Waals surface area contributed by atoms with Crippen LogP contribution in [0.3, 0.4) is 0 Å². The second-order valence-electron chi connectivity index (χ2n) is 8.16. The molecule has 2 N–H and O–H groups in total. The summed E-state index contributed by atoms with van der Waals surface area (Å²) in [6, 6.07) is 12.3. The van der Waals surface area contributed by atoms with Crippen LogP contribution in [0.25, 0.3) is 5.57 Å². The maximum atomic E-state index is 13.5. The number of aliphatic hydroxyl groups excluding tert-OH is 2. The third kappa shape index (κ3) is 7.84. The number of allylic oxidation sites excluding steroid dienone is 1. The zero-order valence-electron chi connectivity index (χ0n) is 18.9. The molecule has 0 amide bonds. The molecule has 0 aliphatic carbocycles. The van der Waals surface area contributed by atoms with Crippen LogP contribution >= 0.6 is 0 Å². The smallest absolute Gasteiger partial charge is 0.308 e. The van der Waals surface area contributed by atoms with Gasteiger partial charge in [-0.25, -0.2) is 8.78 Å². The standard InChI is InChI=1S/C26H32F2O4/c1-4-32-25(31)16-23(30)15-22(29)13-14-24(17(2)3)26(18-5-9-20(27)10-6-18)19-7-11-21(28)12-8-19/h5-12,17,22-23,29-30H,4,13-16H2,1-3H3. The quantitative estimate of drug-likeness (QED) is 0.462. The predicted molar refractivity (Wildman–Crippen MR) is 121 cm³/mol. The lowest BCUT2D eigenvalue weighted by atomic mass is 9.84. The molecule has 0 saturated carbocycles. The summed E-state index contributed by atoms with van der Waals surface area (Å²) < 4.78 is 31.9. The molecule has 4 nitrogen and oxygen atoms in total. The van der Waals surface area contributed by atoms with Crippen molar-refractivity contribution in [2.24, 2.45) is 5.92 Å². The summed E-state index contributed by atoms with van der Waals surface area (Å²) in [4.78, 5) is 11.5. The van der Waals surface area contributed by atoms with Crippen molar-refractivity contribution >= 4 is 11.5 Å². The van der Waals surface area contributed by atoms with Crippen LogP contribution in [0, 0.1) is 17.6 Å². The first-order valence-corrected chi connectivity index (χ1v) is 11.0. The number of hydrogen-bond acceptors (Lipinski definition) is 4. The summed E-state index contributed by atoms with van der Waals surface area (Å²) >= 11 is 0. The molecule has 0 radical (unpaired) electrons. The Hall–Kier alpha value is -2.57. The number of halogens is 2. The van der Waals surface area contributed by atoms with Gasteiger partial charge in [-0.3, -0.25) is 4.79 Å². The van der Waals surface area contributed by atoms with Gasteiger partial charge in [-0.2, -0.15) is 0 Å². The van der Waals surface area contributed by atoms with Gasteiger partial charge in [0.15, 0.2) is 0 Å². The zero-order valence-corrected chi connectivity index (χ0v) is 18.9. The van der Waals surface area contributed by atoms with Gasteiger partial charge in [-0.15, -0.1) is 0 Å². The number of ether oxygens (including phenoxy) is 1. The van der Waals surface area contributed by atoms with Gasteiger partial charge in [0.25, 0.3) is 0 Å². The largest absolute Gasteiger partial charge is 0.466 e. The topological polar surface area (TPSA) is 66.8 Å². The van der Waals surface area contributed by atoms with Gasteiger partial charge in [-0.05, 0) is 73.1 Å². The van der Waals surface area contributed by atoms with Crippen LogP contribution in [0.4, 0.5) is 8.78 Å². The Kier molecular flexibility index (Phi) is 10.0. The molecular weight excluding hydrogens is 414 g/mol. The molecule has 32 heavy (non-hydrogen) atoms. The third-order valence-electron chi connectivity index (χ3n) is 5.28. The van der Waals surface area contributed by atoms with Crippen LogP contribution in [-0.2, 0) is 9.53 Å². The number of hydrogen-bond donors (Lipinski definition) is 2. The third-order valence-corrected chi connectivity index (χ3v) is 5.28. The van der Waals surface area contributed by atoms with Crippen LogP contribution in [0.1, 0.15) is 57.6 Å². The first kappa shape index (κ1) is 25.7. The summed E-state index contributed by atoms with van der Waals surface area (Å²) in [7, 11) is 0. The molecule has 2 aromatic rings. The van der Waals surface area contributed by atoms with E-state index in [4.69, 9.17) is 4.74 Å². The number of carbonyl (C=O) groups excluding carboxylic acids is 1. The maximum absolute atomic E-state index is 13.5. The van der Waals surface area contributed by atoms with E-state index in [0.717, 1.165) is 22.3 Å². The Labute approximate surface area is 188 Å². The van der Waals surface area contributed by atoms with E-state index >= 15 is 0 Å². The van der Waals surface area contributed by atoms with Crippen LogP contribution in [-0.4, -0.2) is 35.0 Å². The van der Waals surface area contributed by atoms with E-state index in [9.17, 15) is 23.8 Å². The maximum Gasteiger partial charge on any atom is 0.308 e. The first-order valence-electron chi connectivity index (χ1n) is 11.0. The molecule has 2 unspecified atom stereocenters. The van der Waals surface area contributed by atoms with Crippen molar-refractivity contribution in [3.05, 3.63) is 76.9 Å². The summed E-state index contributed by atoms with van der Waals surface area (Å²) in [6.45, 7) is 6.00. The number of carbonyl (C=O) groups is 1. The van der Waals surface area contributed by atoms with E-state index < -0.39 is 18.2 Å². The molecule has 2 rings (SSSR count). The van der Waals surface area contributed by atoms with Crippen LogP contribution < -0.4 is 0 Å². The number of esters is 1. The summed E-state index contributed by atoms with van der Waals surface area (Å²) in [5.74, 6) is -1.07. The second kappa shape index (κ2) is 12.5. The number of rotatable bonds is 11. The van der Waals surface area contributed by atoms with Crippen molar-refractivity contribution in [2.75, 3.05) is 6.61 Å². The van der Waals surface area contributed by atoms with Crippen molar-refractivity contribution in [2.45, 2.75) is 58.7 Å². The average molecular weight is 447 g/mol. The van der Waals surface area contributed by atoms with Gasteiger partial charge in [0.05, 0.1) is 25.2 Å². The Morgan fingerprint density at radius 2 is 1.41 bits per heavy atom. The molecule has 6 heteroatoms. The van der Waals surface area contributed by atoms with Crippen molar-refractivity contribution < 1.29 is 28.5 Å². The highest BCUT2D eigenvalue weighted by Crippen LogP contribution is 2.34. The van der Waals surface area contributed by atoms with Crippen molar-refractivity contribution in [1.29, 1.82) is 0 Å². The monoisotopic (exact) mass is 446 g/mol. The highest BCUT2D eigenvalue weighted by Gasteiger charge is 2.20. The number of aliphatic hydroxyl groups is 2. The van der Waals surface area contributed by atoms with Crippen LogP contribution in [0.15, 0.2) is 54.1 Å². The van der Waals surface area contributed by atoms with E-state index in [0.29, 0.717) is 12.8 Å². The van der Waals surface area contributed by atoms with Gasteiger partial charge in [0.1, 0.15) is 11.6 Å². The Morgan fingerprint density at radius 3 is 1.84 bits per heavy atom. The fourth-order valence-corrected chi connectivity index (χ4v) is 3.72. The molecule has 2 atom stereocenters. The van der Waals surface area contributed by atoms with E-state index in [1.807, 2.05) is 13.8 Å². The Balaban J connectivity index is 2.26.